The Morgan fingerprint density at radius 1 is 1.00 bits per heavy atom. The summed E-state index contributed by atoms with van der Waals surface area (Å²) in [4.78, 5) is 11.1. The molecular formula is C21H21FN4O2. The van der Waals surface area contributed by atoms with Gasteiger partial charge in [-0.1, -0.05) is 0 Å². The van der Waals surface area contributed by atoms with Gasteiger partial charge in [0.25, 0.3) is 0 Å². The minimum atomic E-state index is -0.278. The Hall–Kier alpha value is -3.35. The number of nitrogens with zero attached hydrogens (tertiary/aromatic N) is 3. The van der Waals surface area contributed by atoms with E-state index in [0.29, 0.717) is 5.95 Å². The molecule has 2 heterocycles. The van der Waals surface area contributed by atoms with Gasteiger partial charge in [0.15, 0.2) is 11.5 Å². The van der Waals surface area contributed by atoms with Crippen LogP contribution in [0.15, 0.2) is 48.7 Å². The van der Waals surface area contributed by atoms with Gasteiger partial charge in [-0.25, -0.2) is 9.37 Å². The first-order chi connectivity index (χ1) is 13.7. The number of methoxy groups -OCH3 is 2. The molecule has 0 atom stereocenters. The first kappa shape index (κ1) is 18.0. The lowest BCUT2D eigenvalue weighted by atomic mass is 9.99. The van der Waals surface area contributed by atoms with E-state index in [0.717, 1.165) is 42.5 Å². The molecule has 0 bridgehead atoms. The van der Waals surface area contributed by atoms with Crippen LogP contribution in [0.3, 0.4) is 0 Å². The van der Waals surface area contributed by atoms with Crippen LogP contribution in [0.4, 0.5) is 21.8 Å². The molecule has 4 rings (SSSR count). The fourth-order valence-electron chi connectivity index (χ4n) is 3.33. The van der Waals surface area contributed by atoms with E-state index in [1.807, 2.05) is 18.2 Å². The summed E-state index contributed by atoms with van der Waals surface area (Å²) >= 11 is 0. The molecule has 0 fully saturated rings. The van der Waals surface area contributed by atoms with Crippen molar-refractivity contribution in [1.82, 2.24) is 9.97 Å². The van der Waals surface area contributed by atoms with Crippen molar-refractivity contribution in [2.75, 3.05) is 31.0 Å². The van der Waals surface area contributed by atoms with Crippen LogP contribution < -0.4 is 19.7 Å². The minimum Gasteiger partial charge on any atom is -0.493 e. The zero-order chi connectivity index (χ0) is 19.5. The van der Waals surface area contributed by atoms with Crippen molar-refractivity contribution in [1.29, 1.82) is 0 Å². The Balaban J connectivity index is 1.55. The molecule has 1 aromatic heterocycles. The van der Waals surface area contributed by atoms with E-state index in [2.05, 4.69) is 20.2 Å². The number of halogens is 1. The lowest BCUT2D eigenvalue weighted by Gasteiger charge is -2.30. The van der Waals surface area contributed by atoms with Gasteiger partial charge in [0.05, 0.1) is 14.2 Å². The first-order valence-corrected chi connectivity index (χ1v) is 9.00. The van der Waals surface area contributed by atoms with E-state index >= 15 is 0 Å². The molecule has 28 heavy (non-hydrogen) atoms. The van der Waals surface area contributed by atoms with Crippen molar-refractivity contribution in [2.24, 2.45) is 0 Å². The standard InChI is InChI=1S/C21H21FN4O2/c1-27-18-11-14-8-10-26(13-15(14)12-19(18)28-2)20-7-9-23-21(25-20)24-17-5-3-16(22)4-6-17/h3-7,9,11-12H,8,10,13H2,1-2H3,(H,23,24,25). The average Bonchev–Trinajstić information content (AvgIpc) is 2.74. The summed E-state index contributed by atoms with van der Waals surface area (Å²) in [7, 11) is 3.29. The van der Waals surface area contributed by atoms with Crippen LogP contribution in [0.25, 0.3) is 0 Å². The van der Waals surface area contributed by atoms with Crippen molar-refractivity contribution in [3.63, 3.8) is 0 Å². The molecule has 2 aromatic carbocycles. The number of aromatic nitrogens is 2. The highest BCUT2D eigenvalue weighted by molar-refractivity contribution is 5.56. The molecule has 0 aliphatic carbocycles. The summed E-state index contributed by atoms with van der Waals surface area (Å²) in [6, 6.07) is 12.1. The van der Waals surface area contributed by atoms with E-state index in [4.69, 9.17) is 9.47 Å². The number of nitrogens with one attached hydrogen (secondary N) is 1. The second kappa shape index (κ2) is 7.72. The van der Waals surface area contributed by atoms with E-state index < -0.39 is 0 Å². The van der Waals surface area contributed by atoms with Gasteiger partial charge >= 0.3 is 0 Å². The topological polar surface area (TPSA) is 59.5 Å². The third-order valence-electron chi connectivity index (χ3n) is 4.78. The summed E-state index contributed by atoms with van der Waals surface area (Å²) in [5.41, 5.74) is 3.18. The zero-order valence-electron chi connectivity index (χ0n) is 15.8. The quantitative estimate of drug-likeness (QED) is 0.724. The van der Waals surface area contributed by atoms with Crippen LogP contribution in [0.5, 0.6) is 11.5 Å². The van der Waals surface area contributed by atoms with Crippen molar-refractivity contribution < 1.29 is 13.9 Å². The monoisotopic (exact) mass is 380 g/mol. The molecule has 0 amide bonds. The van der Waals surface area contributed by atoms with E-state index in [1.54, 1.807) is 32.5 Å². The van der Waals surface area contributed by atoms with Crippen LogP contribution in [0.2, 0.25) is 0 Å². The van der Waals surface area contributed by atoms with Gasteiger partial charge in [0.1, 0.15) is 11.6 Å². The fraction of sp³-hybridized carbons (Fsp3) is 0.238. The molecular weight excluding hydrogens is 359 g/mol. The molecule has 3 aromatic rings. The van der Waals surface area contributed by atoms with Gasteiger partial charge in [-0.15, -0.1) is 0 Å². The molecule has 0 saturated carbocycles. The van der Waals surface area contributed by atoms with Crippen molar-refractivity contribution in [2.45, 2.75) is 13.0 Å². The summed E-state index contributed by atoms with van der Waals surface area (Å²) in [5.74, 6) is 2.51. The van der Waals surface area contributed by atoms with Crippen molar-refractivity contribution in [3.05, 3.63) is 65.6 Å². The van der Waals surface area contributed by atoms with Crippen molar-refractivity contribution in [3.8, 4) is 11.5 Å². The van der Waals surface area contributed by atoms with E-state index in [-0.39, 0.29) is 5.82 Å². The Morgan fingerprint density at radius 2 is 1.71 bits per heavy atom. The Kier molecular flexibility index (Phi) is 4.97. The summed E-state index contributed by atoms with van der Waals surface area (Å²) in [6.07, 6.45) is 2.61. The maximum atomic E-state index is 13.1. The highest BCUT2D eigenvalue weighted by Gasteiger charge is 2.20. The number of benzene rings is 2. The summed E-state index contributed by atoms with van der Waals surface area (Å²) in [5, 5.41) is 3.11. The maximum absolute atomic E-state index is 13.1. The van der Waals surface area contributed by atoms with Gasteiger partial charge in [0, 0.05) is 25.0 Å². The normalized spacial score (nSPS) is 13.0. The molecule has 0 unspecified atom stereocenters. The zero-order valence-corrected chi connectivity index (χ0v) is 15.8. The number of ether oxygens (including phenoxy) is 2. The minimum absolute atomic E-state index is 0.278. The van der Waals surface area contributed by atoms with Crippen LogP contribution in [-0.4, -0.2) is 30.7 Å². The van der Waals surface area contributed by atoms with Crippen LogP contribution >= 0.6 is 0 Å². The molecule has 0 spiro atoms. The van der Waals surface area contributed by atoms with Crippen LogP contribution in [0, 0.1) is 5.82 Å². The lowest BCUT2D eigenvalue weighted by Crippen LogP contribution is -2.31. The van der Waals surface area contributed by atoms with E-state index in [1.165, 1.54) is 23.3 Å². The molecule has 0 radical (unpaired) electrons. The second-order valence-corrected chi connectivity index (χ2v) is 6.52. The predicted octanol–water partition coefficient (Wildman–Crippen LogP) is 3.94. The van der Waals surface area contributed by atoms with Gasteiger partial charge < -0.3 is 19.7 Å². The number of hydrogen-bond acceptors (Lipinski definition) is 6. The number of anilines is 3. The Bertz CT molecular complexity index is 979. The van der Waals surface area contributed by atoms with E-state index in [9.17, 15) is 4.39 Å². The Labute approximate surface area is 163 Å². The third-order valence-corrected chi connectivity index (χ3v) is 4.78. The average molecular weight is 380 g/mol. The number of fused-ring (bicyclic) bond motifs is 1. The molecule has 7 heteroatoms. The lowest BCUT2D eigenvalue weighted by molar-refractivity contribution is 0.353. The smallest absolute Gasteiger partial charge is 0.229 e. The molecule has 144 valence electrons. The van der Waals surface area contributed by atoms with Crippen LogP contribution in [-0.2, 0) is 13.0 Å². The molecule has 1 N–H and O–H groups in total. The second-order valence-electron chi connectivity index (χ2n) is 6.52. The predicted molar refractivity (Wildman–Crippen MR) is 106 cm³/mol. The van der Waals surface area contributed by atoms with Gasteiger partial charge in [0.2, 0.25) is 5.95 Å². The first-order valence-electron chi connectivity index (χ1n) is 9.00. The van der Waals surface area contributed by atoms with Gasteiger partial charge in [-0.3, -0.25) is 0 Å². The van der Waals surface area contributed by atoms with Crippen molar-refractivity contribution >= 4 is 17.5 Å². The highest BCUT2D eigenvalue weighted by atomic mass is 19.1. The Morgan fingerprint density at radius 3 is 2.43 bits per heavy atom. The van der Waals surface area contributed by atoms with Crippen LogP contribution in [0.1, 0.15) is 11.1 Å². The SMILES string of the molecule is COc1cc2c(cc1OC)CN(c1ccnc(Nc3ccc(F)cc3)n1)CC2. The summed E-state index contributed by atoms with van der Waals surface area (Å²) < 4.78 is 23.9. The highest BCUT2D eigenvalue weighted by Crippen LogP contribution is 2.34. The largest absolute Gasteiger partial charge is 0.493 e. The number of hydrogen-bond donors (Lipinski definition) is 1. The molecule has 0 saturated heterocycles. The molecule has 1 aliphatic heterocycles. The molecule has 6 nitrogen and oxygen atoms in total. The van der Waals surface area contributed by atoms with Gasteiger partial charge in [-0.2, -0.15) is 4.98 Å². The third kappa shape index (κ3) is 3.69. The molecule has 1 aliphatic rings. The maximum Gasteiger partial charge on any atom is 0.229 e. The fourth-order valence-corrected chi connectivity index (χ4v) is 3.33. The number of rotatable bonds is 5. The summed E-state index contributed by atoms with van der Waals surface area (Å²) in [6.45, 7) is 1.57. The van der Waals surface area contributed by atoms with Gasteiger partial charge in [-0.05, 0) is 60.0 Å².